The van der Waals surface area contributed by atoms with Gasteiger partial charge in [-0.3, -0.25) is 0 Å². The zero-order chi connectivity index (χ0) is 9.44. The van der Waals surface area contributed by atoms with Crippen molar-refractivity contribution in [1.82, 2.24) is 6.15 Å². The first-order chi connectivity index (χ1) is 4.91. The lowest BCUT2D eigenvalue weighted by molar-refractivity contribution is -0.297. The summed E-state index contributed by atoms with van der Waals surface area (Å²) in [4.78, 5) is 18.7. The maximum absolute atomic E-state index is 9.60. The van der Waals surface area contributed by atoms with Crippen LogP contribution in [-0.2, 0) is 9.59 Å². The standard InChI is InChI=1S/C4H6O2.C3H4O2.H3N/c1-3(2)4(5)6;1-2-3(4)5;/h1H2,2H3,(H,5,6);2H,1H2,(H,4,5);1H3. The lowest BCUT2D eigenvalue weighted by Crippen LogP contribution is -2.17. The Morgan fingerprint density at radius 3 is 1.67 bits per heavy atom. The van der Waals surface area contributed by atoms with Crippen LogP contribution in [0.3, 0.4) is 0 Å². The maximum atomic E-state index is 9.60. The van der Waals surface area contributed by atoms with Crippen LogP contribution in [0.5, 0.6) is 0 Å². The summed E-state index contributed by atoms with van der Waals surface area (Å²) in [6.45, 7) is 7.50. The zero-order valence-corrected chi connectivity index (χ0v) is 7.16. The molecule has 5 nitrogen and oxygen atoms in total. The molecule has 0 bridgehead atoms. The molecule has 0 heterocycles. The molecule has 0 amide bonds. The molecule has 0 aliphatic carbocycles. The van der Waals surface area contributed by atoms with E-state index in [1.165, 1.54) is 6.92 Å². The molecule has 0 rings (SSSR count). The molecule has 0 aromatic heterocycles. The van der Waals surface area contributed by atoms with E-state index in [4.69, 9.17) is 15.0 Å². The highest BCUT2D eigenvalue weighted by Gasteiger charge is 1.90. The summed E-state index contributed by atoms with van der Waals surface area (Å²) in [5.74, 6) is -2.17. The van der Waals surface area contributed by atoms with Gasteiger partial charge in [0, 0.05) is 5.57 Å². The van der Waals surface area contributed by atoms with Crippen LogP contribution in [0.1, 0.15) is 6.92 Å². The average molecular weight is 175 g/mol. The monoisotopic (exact) mass is 175 g/mol. The van der Waals surface area contributed by atoms with Crippen molar-refractivity contribution in [3.63, 3.8) is 0 Å². The van der Waals surface area contributed by atoms with E-state index in [0.717, 1.165) is 6.08 Å². The van der Waals surface area contributed by atoms with Crippen molar-refractivity contribution in [2.24, 2.45) is 0 Å². The number of carboxylic acid groups (broad SMARTS) is 2. The zero-order valence-electron chi connectivity index (χ0n) is 7.16. The molecule has 0 spiro atoms. The van der Waals surface area contributed by atoms with Crippen molar-refractivity contribution in [3.8, 4) is 0 Å². The van der Waals surface area contributed by atoms with Gasteiger partial charge in [0.05, 0.1) is 5.97 Å². The number of aliphatic carboxylic acids is 2. The van der Waals surface area contributed by atoms with Crippen LogP contribution in [0.25, 0.3) is 0 Å². The summed E-state index contributed by atoms with van der Waals surface area (Å²) in [7, 11) is 0. The highest BCUT2D eigenvalue weighted by atomic mass is 16.4. The molecular weight excluding hydrogens is 162 g/mol. The number of carbonyl (C=O) groups is 2. The molecule has 0 radical (unpaired) electrons. The fourth-order valence-corrected chi connectivity index (χ4v) is 0. The smallest absolute Gasteiger partial charge is 0.330 e. The minimum atomic E-state index is -1.23. The number of carbonyl (C=O) groups excluding carboxylic acids is 1. The van der Waals surface area contributed by atoms with Gasteiger partial charge < -0.3 is 21.2 Å². The molecular formula is C7H13NO4. The van der Waals surface area contributed by atoms with Crippen molar-refractivity contribution >= 4 is 11.9 Å². The van der Waals surface area contributed by atoms with Crippen LogP contribution < -0.4 is 11.3 Å². The topological polar surface area (TPSA) is 114 Å². The molecule has 0 aliphatic heterocycles. The van der Waals surface area contributed by atoms with Gasteiger partial charge in [-0.1, -0.05) is 13.2 Å². The van der Waals surface area contributed by atoms with E-state index in [9.17, 15) is 4.79 Å². The number of quaternary nitrogens is 1. The highest BCUT2D eigenvalue weighted by molar-refractivity contribution is 5.84. The molecule has 0 saturated carbocycles. The van der Waals surface area contributed by atoms with Crippen molar-refractivity contribution in [2.45, 2.75) is 6.92 Å². The molecule has 5 heteroatoms. The summed E-state index contributed by atoms with van der Waals surface area (Å²) in [5, 5.41) is 17.0. The Kier molecular flexibility index (Phi) is 13.1. The van der Waals surface area contributed by atoms with Crippen LogP contribution in [-0.4, -0.2) is 17.0 Å². The second-order valence-corrected chi connectivity index (χ2v) is 1.61. The molecule has 0 unspecified atom stereocenters. The fraction of sp³-hybridized carbons (Fsp3) is 0.143. The average Bonchev–Trinajstić information content (AvgIpc) is 1.89. The number of hydrogen-bond donors (Lipinski definition) is 2. The third-order valence-corrected chi connectivity index (χ3v) is 0.532. The number of hydrogen-bond acceptors (Lipinski definition) is 3. The first-order valence-corrected chi connectivity index (χ1v) is 2.64. The third-order valence-electron chi connectivity index (χ3n) is 0.532. The van der Waals surface area contributed by atoms with Crippen LogP contribution in [0.4, 0.5) is 0 Å². The van der Waals surface area contributed by atoms with E-state index < -0.39 is 11.9 Å². The molecule has 5 N–H and O–H groups in total. The van der Waals surface area contributed by atoms with Gasteiger partial charge in [0.25, 0.3) is 0 Å². The number of rotatable bonds is 2. The predicted octanol–water partition coefficient (Wildman–Crippen LogP) is -0.0544. The van der Waals surface area contributed by atoms with Gasteiger partial charge in [-0.2, -0.15) is 0 Å². The molecule has 0 aromatic rings. The quantitative estimate of drug-likeness (QED) is 0.572. The highest BCUT2D eigenvalue weighted by Crippen LogP contribution is 1.81. The normalized spacial score (nSPS) is 6.42. The van der Waals surface area contributed by atoms with Crippen LogP contribution in [0.15, 0.2) is 24.8 Å². The van der Waals surface area contributed by atoms with E-state index in [2.05, 4.69) is 13.2 Å². The van der Waals surface area contributed by atoms with E-state index in [1.807, 2.05) is 0 Å². The summed E-state index contributed by atoms with van der Waals surface area (Å²) in [6.07, 6.45) is 0.722. The lowest BCUT2D eigenvalue weighted by atomic mass is 10.4. The van der Waals surface area contributed by atoms with Crippen molar-refractivity contribution in [2.75, 3.05) is 0 Å². The van der Waals surface area contributed by atoms with E-state index in [-0.39, 0.29) is 11.7 Å². The maximum Gasteiger partial charge on any atom is 0.330 e. The Labute approximate surface area is 70.6 Å². The Morgan fingerprint density at radius 2 is 1.67 bits per heavy atom. The molecule has 0 fully saturated rings. The van der Waals surface area contributed by atoms with E-state index >= 15 is 0 Å². The van der Waals surface area contributed by atoms with Gasteiger partial charge in [-0.05, 0) is 13.0 Å². The largest absolute Gasteiger partial charge is 0.545 e. The van der Waals surface area contributed by atoms with Crippen molar-refractivity contribution < 1.29 is 19.8 Å². The molecule has 70 valence electrons. The van der Waals surface area contributed by atoms with Gasteiger partial charge in [0.1, 0.15) is 0 Å². The Bertz CT molecular complexity index is 174. The van der Waals surface area contributed by atoms with Gasteiger partial charge in [-0.25, -0.2) is 4.79 Å². The first kappa shape index (κ1) is 16.8. The fourth-order valence-electron chi connectivity index (χ4n) is 0. The Morgan fingerprint density at radius 1 is 1.50 bits per heavy atom. The van der Waals surface area contributed by atoms with Crippen LogP contribution >= 0.6 is 0 Å². The molecule has 0 aromatic carbocycles. The Hall–Kier alpha value is -1.62. The SMILES string of the molecule is C=C(C)C(=O)O.C=CC(=O)[O-].[NH4+]. The summed E-state index contributed by atoms with van der Waals surface area (Å²) >= 11 is 0. The second-order valence-electron chi connectivity index (χ2n) is 1.61. The summed E-state index contributed by atoms with van der Waals surface area (Å²) in [6, 6.07) is 0. The van der Waals surface area contributed by atoms with Gasteiger partial charge >= 0.3 is 5.97 Å². The minimum Gasteiger partial charge on any atom is -0.545 e. The summed E-state index contributed by atoms with van der Waals surface area (Å²) in [5.41, 5.74) is 0.176. The van der Waals surface area contributed by atoms with Gasteiger partial charge in [0.2, 0.25) is 0 Å². The lowest BCUT2D eigenvalue weighted by Gasteiger charge is -1.81. The molecule has 0 atom stereocenters. The van der Waals surface area contributed by atoms with Gasteiger partial charge in [-0.15, -0.1) is 0 Å². The number of carboxylic acids is 2. The van der Waals surface area contributed by atoms with Crippen LogP contribution in [0, 0.1) is 0 Å². The summed E-state index contributed by atoms with van der Waals surface area (Å²) < 4.78 is 0. The van der Waals surface area contributed by atoms with Crippen LogP contribution in [0.2, 0.25) is 0 Å². The Balaban J connectivity index is -0.000000126. The van der Waals surface area contributed by atoms with Crippen molar-refractivity contribution in [3.05, 3.63) is 24.8 Å². The van der Waals surface area contributed by atoms with E-state index in [0.29, 0.717) is 0 Å². The van der Waals surface area contributed by atoms with Crippen molar-refractivity contribution in [1.29, 1.82) is 0 Å². The molecule has 0 aliphatic rings. The second kappa shape index (κ2) is 9.38. The molecule has 12 heavy (non-hydrogen) atoms. The first-order valence-electron chi connectivity index (χ1n) is 2.64. The molecule has 0 saturated heterocycles. The predicted molar refractivity (Wildman–Crippen MR) is 43.6 cm³/mol. The third kappa shape index (κ3) is 23.8. The minimum absolute atomic E-state index is 0. The van der Waals surface area contributed by atoms with E-state index in [1.54, 1.807) is 0 Å². The van der Waals surface area contributed by atoms with Gasteiger partial charge in [0.15, 0.2) is 0 Å².